The molecule has 24 heteroatoms. The number of aliphatic hydroxyl groups is 2. The Morgan fingerprint density at radius 2 is 0.792 bits per heavy atom. The van der Waals surface area contributed by atoms with Gasteiger partial charge >= 0.3 is 50.9 Å². The Bertz CT molecular complexity index is 1090. The zero-order chi connectivity index (χ0) is 30.9. The van der Waals surface area contributed by atoms with E-state index in [4.69, 9.17) is 20.4 Å². The van der Waals surface area contributed by atoms with E-state index >= 15 is 0 Å². The van der Waals surface area contributed by atoms with E-state index in [1.54, 1.807) is 24.8 Å². The second-order valence-corrected chi connectivity index (χ2v) is 7.77. The van der Waals surface area contributed by atoms with Crippen LogP contribution in [0.3, 0.4) is 0 Å². The Kier molecular flexibility index (Phi) is 45.2. The first kappa shape index (κ1) is 66.2. The molecule has 0 spiro atoms. The summed E-state index contributed by atoms with van der Waals surface area (Å²) >= 11 is 0. The maximum absolute atomic E-state index is 10.2. The number of rotatable bonds is 12. The fraction of sp³-hybridized carbons (Fsp3) is 0.250. The van der Waals surface area contributed by atoms with Crippen molar-refractivity contribution in [3.05, 3.63) is 60.2 Å². The van der Waals surface area contributed by atoms with Crippen LogP contribution in [0.4, 0.5) is 0 Å². The average molecular weight is 805 g/mol. The van der Waals surface area contributed by atoms with Crippen LogP contribution in [-0.2, 0) is 89.6 Å². The van der Waals surface area contributed by atoms with Gasteiger partial charge in [-0.3, -0.25) is 19.6 Å². The van der Waals surface area contributed by atoms with Crippen molar-refractivity contribution in [2.24, 2.45) is 0 Å². The molecule has 2 aromatic rings. The van der Waals surface area contributed by atoms with Gasteiger partial charge in [0.2, 0.25) is 0 Å². The van der Waals surface area contributed by atoms with Crippen LogP contribution < -0.4 is 20.4 Å². The van der Waals surface area contributed by atoms with E-state index in [1.165, 1.54) is 0 Å². The molecule has 0 aliphatic heterocycles. The topological polar surface area (TPSA) is 496 Å². The molecule has 264 valence electrons. The Balaban J connectivity index is -0.0000000628. The molecular formula is C24H38N2O20Zn2+4. The first-order valence-electron chi connectivity index (χ1n) is 10.7. The van der Waals surface area contributed by atoms with Gasteiger partial charge < -0.3 is 92.9 Å². The first-order valence-corrected chi connectivity index (χ1v) is 10.7. The third-order valence-electron chi connectivity index (χ3n) is 4.40. The molecule has 0 aliphatic rings. The van der Waals surface area contributed by atoms with E-state index in [9.17, 15) is 49.2 Å². The molecule has 0 aromatic carbocycles. The van der Waals surface area contributed by atoms with Crippen molar-refractivity contribution in [3.63, 3.8) is 0 Å². The van der Waals surface area contributed by atoms with Crippen LogP contribution in [0.15, 0.2) is 49.1 Å². The van der Waals surface area contributed by atoms with Crippen LogP contribution in [0, 0.1) is 0 Å². The van der Waals surface area contributed by atoms with Crippen molar-refractivity contribution in [2.45, 2.75) is 36.9 Å². The molecule has 0 radical (unpaired) electrons. The van der Waals surface area contributed by atoms with Gasteiger partial charge in [-0.2, -0.15) is 0 Å². The summed E-state index contributed by atoms with van der Waals surface area (Å²) in [5, 5.41) is 74.5. The zero-order valence-corrected chi connectivity index (χ0v) is 31.0. The number of carbonyl (C=O) groups is 6. The number of pyridine rings is 2. The smallest absolute Gasteiger partial charge is 0.550 e. The van der Waals surface area contributed by atoms with Crippen molar-refractivity contribution in [2.75, 3.05) is 0 Å². The number of hydrogen-bond donors (Lipinski definition) is 4. The number of nitrogens with zero attached hydrogens (tertiary/aromatic N) is 2. The molecule has 0 unspecified atom stereocenters. The third kappa shape index (κ3) is 29.2. The largest absolute Gasteiger partial charge is 2.00 e. The molecule has 0 aliphatic carbocycles. The van der Waals surface area contributed by atoms with Crippen molar-refractivity contribution in [3.8, 4) is 0 Å². The number of hydrogen-bond acceptors (Lipinski definition) is 14. The van der Waals surface area contributed by atoms with Gasteiger partial charge in [0, 0.05) is 49.6 Å². The van der Waals surface area contributed by atoms with E-state index in [0.29, 0.717) is 0 Å². The summed E-state index contributed by atoms with van der Waals surface area (Å²) in [5.41, 5.74) is -3.52. The van der Waals surface area contributed by atoms with Crippen LogP contribution in [0.2, 0.25) is 0 Å². The van der Waals surface area contributed by atoms with Crippen LogP contribution in [0.1, 0.15) is 36.8 Å². The fourth-order valence-electron chi connectivity index (χ4n) is 2.53. The number of carbonyl (C=O) groups excluding carboxylic acids is 4. The van der Waals surface area contributed by atoms with Crippen molar-refractivity contribution >= 4 is 48.0 Å². The molecule has 2 heterocycles. The van der Waals surface area contributed by atoms with Crippen molar-refractivity contribution in [1.82, 2.24) is 9.97 Å². The standard InChI is InChI=1S/C12H10N2.2C6H8O7.6H2O.2Zn/c1(11-3-7-13-8-4-11)2-12-5-9-14-10-6-12;2*7-3(8)1-6(13,5(11)12)2-4(9)10;;;;;;;;/h1-10H;2*13H,1-2H2,(H,7,8)(H,9,10)(H,11,12);6*1H2;;/q;;;;;;;;;2*+2/b2-1+;;;;;;;;;;. The molecule has 2 atom stereocenters. The van der Waals surface area contributed by atoms with Gasteiger partial charge in [-0.1, -0.05) is 12.2 Å². The molecule has 2 aromatic heterocycles. The summed E-state index contributed by atoms with van der Waals surface area (Å²) < 4.78 is 0. The van der Waals surface area contributed by atoms with E-state index < -0.39 is 72.7 Å². The summed E-state index contributed by atoms with van der Waals surface area (Å²) in [5.74, 6) is -11.3. The Hall–Kier alpha value is -4.21. The predicted molar refractivity (Wildman–Crippen MR) is 148 cm³/mol. The maximum atomic E-state index is 10.2. The summed E-state index contributed by atoms with van der Waals surface area (Å²) in [6.45, 7) is 0. The summed E-state index contributed by atoms with van der Waals surface area (Å²) in [4.78, 5) is 68.2. The fourth-order valence-corrected chi connectivity index (χ4v) is 2.53. The maximum Gasteiger partial charge on any atom is 2.00 e. The third-order valence-corrected chi connectivity index (χ3v) is 4.40. The summed E-state index contributed by atoms with van der Waals surface area (Å²) in [6.07, 6.45) is 6.11. The second-order valence-electron chi connectivity index (χ2n) is 7.77. The molecule has 0 fully saturated rings. The summed E-state index contributed by atoms with van der Waals surface area (Å²) in [6, 6.07) is 7.88. The van der Waals surface area contributed by atoms with Crippen LogP contribution in [0.25, 0.3) is 12.2 Å². The van der Waals surface area contributed by atoms with Crippen LogP contribution >= 0.6 is 0 Å². The van der Waals surface area contributed by atoms with E-state index in [-0.39, 0.29) is 71.8 Å². The Morgan fingerprint density at radius 1 is 0.562 bits per heavy atom. The van der Waals surface area contributed by atoms with E-state index in [1.807, 2.05) is 24.3 Å². The van der Waals surface area contributed by atoms with E-state index in [0.717, 1.165) is 11.1 Å². The molecule has 20 N–H and O–H groups in total. The zero-order valence-electron chi connectivity index (χ0n) is 25.1. The van der Waals surface area contributed by atoms with Gasteiger partial charge in [0.25, 0.3) is 0 Å². The predicted octanol–water partition coefficient (Wildman–Crippen LogP) is -10.5. The molecule has 0 bridgehead atoms. The number of aliphatic carboxylic acids is 6. The molecule has 48 heavy (non-hydrogen) atoms. The number of carboxylic acid groups (broad SMARTS) is 6. The molecular weight excluding hydrogens is 767 g/mol. The first-order chi connectivity index (χ1) is 18.5. The minimum absolute atomic E-state index is 0. The van der Waals surface area contributed by atoms with Crippen molar-refractivity contribution in [1.29, 1.82) is 0 Å². The van der Waals surface area contributed by atoms with Gasteiger partial charge in [0.1, 0.15) is 11.2 Å². The Morgan fingerprint density at radius 3 is 0.958 bits per heavy atom. The molecule has 0 amide bonds. The second kappa shape index (κ2) is 32.7. The van der Waals surface area contributed by atoms with Gasteiger partial charge in [-0.05, 0) is 35.4 Å². The SMILES string of the molecule is C(=C\c1ccncc1)/c1ccncc1.O.O.O=C([O-])C[C@@](O)(CC(=O)O)C(=O)[O-].O=C([O-])C[C@](O)(CC(=O)O)C(=O)[O-].[OH3+].[OH3+].[OH3+].[OH3+].[Zn+2].[Zn+2]. The number of carboxylic acids is 6. The van der Waals surface area contributed by atoms with Gasteiger partial charge in [-0.25, -0.2) is 0 Å². The van der Waals surface area contributed by atoms with Crippen LogP contribution in [-0.4, -0.2) is 88.4 Å². The average Bonchev–Trinajstić information content (AvgIpc) is 2.83. The number of aromatic nitrogens is 2. The van der Waals surface area contributed by atoms with Crippen LogP contribution in [0.5, 0.6) is 0 Å². The minimum Gasteiger partial charge on any atom is -0.550 e. The van der Waals surface area contributed by atoms with Gasteiger partial charge in [0.15, 0.2) is 0 Å². The minimum atomic E-state index is -2.91. The molecule has 0 saturated carbocycles. The van der Waals surface area contributed by atoms with Gasteiger partial charge in [0.05, 0.1) is 24.8 Å². The Labute approximate surface area is 295 Å². The normalized spacial score (nSPS) is 11.0. The van der Waals surface area contributed by atoms with E-state index in [2.05, 4.69) is 22.1 Å². The molecule has 0 saturated heterocycles. The molecule has 2 rings (SSSR count). The molecule has 22 nitrogen and oxygen atoms in total. The summed E-state index contributed by atoms with van der Waals surface area (Å²) in [7, 11) is 0. The van der Waals surface area contributed by atoms with Gasteiger partial charge in [-0.15, -0.1) is 0 Å². The quantitative estimate of drug-likeness (QED) is 0.114. The monoisotopic (exact) mass is 802 g/mol. The van der Waals surface area contributed by atoms with Crippen molar-refractivity contribution < 1.29 is 141 Å².